The van der Waals surface area contributed by atoms with E-state index in [1.807, 2.05) is 25.1 Å². The van der Waals surface area contributed by atoms with Gasteiger partial charge in [0.1, 0.15) is 11.5 Å². The van der Waals surface area contributed by atoms with Crippen molar-refractivity contribution in [2.24, 2.45) is 4.99 Å². The van der Waals surface area contributed by atoms with Gasteiger partial charge in [-0.3, -0.25) is 9.69 Å². The van der Waals surface area contributed by atoms with E-state index < -0.39 is 0 Å². The van der Waals surface area contributed by atoms with Crippen molar-refractivity contribution in [3.8, 4) is 11.5 Å². The number of thioether (sulfide) groups is 1. The number of aliphatic imine (C=N–C) groups is 1. The Morgan fingerprint density at radius 2 is 1.88 bits per heavy atom. The number of hydrogen-bond acceptors (Lipinski definition) is 5. The summed E-state index contributed by atoms with van der Waals surface area (Å²) in [6.07, 6.45) is 0. The largest absolute Gasteiger partial charge is 0.497 e. The number of amides is 1. The normalized spacial score (nSPS) is 15.4. The molecule has 5 nitrogen and oxygen atoms in total. The number of carbonyl (C=O) groups excluding carboxylic acids is 1. The van der Waals surface area contributed by atoms with E-state index in [4.69, 9.17) is 21.1 Å². The van der Waals surface area contributed by atoms with Crippen LogP contribution in [-0.2, 0) is 0 Å². The van der Waals surface area contributed by atoms with Crippen molar-refractivity contribution < 1.29 is 14.3 Å². The molecule has 2 aromatic rings. The molecule has 0 saturated carbocycles. The van der Waals surface area contributed by atoms with Crippen LogP contribution in [-0.4, -0.2) is 42.5 Å². The van der Waals surface area contributed by atoms with Crippen LogP contribution in [0, 0.1) is 6.92 Å². The number of ether oxygens (including phenoxy) is 2. The molecule has 1 saturated heterocycles. The summed E-state index contributed by atoms with van der Waals surface area (Å²) in [6.45, 7) is 2.52. The molecule has 1 heterocycles. The summed E-state index contributed by atoms with van der Waals surface area (Å²) >= 11 is 7.73. The van der Waals surface area contributed by atoms with Crippen LogP contribution in [0.15, 0.2) is 41.4 Å². The Morgan fingerprint density at radius 3 is 2.54 bits per heavy atom. The molecule has 1 fully saturated rings. The molecule has 7 heteroatoms. The summed E-state index contributed by atoms with van der Waals surface area (Å²) in [5, 5.41) is 1.33. The second kappa shape index (κ2) is 8.01. The van der Waals surface area contributed by atoms with Crippen molar-refractivity contribution in [3.63, 3.8) is 0 Å². The number of methoxy groups -OCH3 is 2. The van der Waals surface area contributed by atoms with Gasteiger partial charge in [0.05, 0.1) is 19.9 Å². The fraction of sp³-hybridized carbons (Fsp3) is 0.263. The first-order valence-electron chi connectivity index (χ1n) is 8.05. The standard InChI is InChI=1S/C19H19ClN2O3S/c1-12-16(20)5-4-6-17(12)21-19-22(7-8-26-19)18(23)13-9-14(24-2)11-15(10-13)25-3/h4-6,9-11H,7-8H2,1-3H3. The number of carbonyl (C=O) groups is 1. The second-order valence-electron chi connectivity index (χ2n) is 5.68. The van der Waals surface area contributed by atoms with Crippen LogP contribution >= 0.6 is 23.4 Å². The second-order valence-corrected chi connectivity index (χ2v) is 7.15. The molecule has 0 radical (unpaired) electrons. The first kappa shape index (κ1) is 18.6. The predicted octanol–water partition coefficient (Wildman–Crippen LogP) is 4.54. The number of halogens is 1. The van der Waals surface area contributed by atoms with Crippen LogP contribution in [0.5, 0.6) is 11.5 Å². The molecule has 0 spiro atoms. The highest BCUT2D eigenvalue weighted by Gasteiger charge is 2.27. The highest BCUT2D eigenvalue weighted by atomic mass is 35.5. The van der Waals surface area contributed by atoms with E-state index in [1.165, 1.54) is 0 Å². The van der Waals surface area contributed by atoms with E-state index in [-0.39, 0.29) is 5.91 Å². The molecule has 136 valence electrons. The van der Waals surface area contributed by atoms with E-state index >= 15 is 0 Å². The molecule has 0 atom stereocenters. The molecule has 3 rings (SSSR count). The van der Waals surface area contributed by atoms with Crippen molar-refractivity contribution >= 4 is 40.1 Å². The maximum atomic E-state index is 13.0. The Labute approximate surface area is 162 Å². The maximum absolute atomic E-state index is 13.0. The smallest absolute Gasteiger partial charge is 0.260 e. The first-order valence-corrected chi connectivity index (χ1v) is 9.41. The zero-order chi connectivity index (χ0) is 18.7. The quantitative estimate of drug-likeness (QED) is 0.768. The van der Waals surface area contributed by atoms with E-state index in [1.54, 1.807) is 49.1 Å². The monoisotopic (exact) mass is 390 g/mol. The van der Waals surface area contributed by atoms with Crippen molar-refractivity contribution in [1.29, 1.82) is 0 Å². The molecular weight excluding hydrogens is 372 g/mol. The zero-order valence-electron chi connectivity index (χ0n) is 14.8. The van der Waals surface area contributed by atoms with Crippen LogP contribution in [0.2, 0.25) is 5.02 Å². The number of benzene rings is 2. The van der Waals surface area contributed by atoms with Gasteiger partial charge in [-0.25, -0.2) is 4.99 Å². The average Bonchev–Trinajstić information content (AvgIpc) is 3.12. The molecule has 1 aliphatic heterocycles. The molecule has 2 aromatic carbocycles. The lowest BCUT2D eigenvalue weighted by Crippen LogP contribution is -2.31. The minimum absolute atomic E-state index is 0.134. The van der Waals surface area contributed by atoms with E-state index in [2.05, 4.69) is 4.99 Å². The lowest BCUT2D eigenvalue weighted by Gasteiger charge is -2.17. The van der Waals surface area contributed by atoms with Crippen molar-refractivity contribution in [1.82, 2.24) is 4.90 Å². The summed E-state index contributed by atoms with van der Waals surface area (Å²) in [5.74, 6) is 1.81. The van der Waals surface area contributed by atoms with E-state index in [9.17, 15) is 4.79 Å². The molecule has 0 unspecified atom stereocenters. The van der Waals surface area contributed by atoms with Crippen LogP contribution in [0.4, 0.5) is 5.69 Å². The first-order chi connectivity index (χ1) is 12.5. The summed E-state index contributed by atoms with van der Waals surface area (Å²) in [7, 11) is 3.12. The Morgan fingerprint density at radius 1 is 1.19 bits per heavy atom. The fourth-order valence-electron chi connectivity index (χ4n) is 2.59. The molecular formula is C19H19ClN2O3S. The number of amidine groups is 1. The van der Waals surface area contributed by atoms with Gasteiger partial charge >= 0.3 is 0 Å². The zero-order valence-corrected chi connectivity index (χ0v) is 16.4. The maximum Gasteiger partial charge on any atom is 0.260 e. The van der Waals surface area contributed by atoms with Crippen molar-refractivity contribution in [3.05, 3.63) is 52.5 Å². The van der Waals surface area contributed by atoms with Crippen LogP contribution in [0.25, 0.3) is 0 Å². The summed E-state index contributed by atoms with van der Waals surface area (Å²) in [4.78, 5) is 19.4. The highest BCUT2D eigenvalue weighted by molar-refractivity contribution is 8.14. The van der Waals surface area contributed by atoms with Gasteiger partial charge in [0.25, 0.3) is 5.91 Å². The third-order valence-electron chi connectivity index (χ3n) is 4.08. The van der Waals surface area contributed by atoms with Crippen molar-refractivity contribution in [2.45, 2.75) is 6.92 Å². The SMILES string of the molecule is COc1cc(OC)cc(C(=O)N2CCSC2=Nc2cccc(Cl)c2C)c1. The summed E-state index contributed by atoms with van der Waals surface area (Å²) in [5.41, 5.74) is 2.16. The van der Waals surface area contributed by atoms with E-state index in [0.29, 0.717) is 33.8 Å². The molecule has 1 aliphatic rings. The summed E-state index contributed by atoms with van der Waals surface area (Å²) in [6, 6.07) is 10.7. The van der Waals surface area contributed by atoms with Gasteiger partial charge in [-0.15, -0.1) is 0 Å². The number of rotatable bonds is 4. The lowest BCUT2D eigenvalue weighted by atomic mass is 10.1. The molecule has 26 heavy (non-hydrogen) atoms. The van der Waals surface area contributed by atoms with Crippen LogP contribution in [0.1, 0.15) is 15.9 Å². The van der Waals surface area contributed by atoms with Crippen molar-refractivity contribution in [2.75, 3.05) is 26.5 Å². The van der Waals surface area contributed by atoms with Crippen LogP contribution < -0.4 is 9.47 Å². The van der Waals surface area contributed by atoms with Gasteiger partial charge in [-0.05, 0) is 36.8 Å². The highest BCUT2D eigenvalue weighted by Crippen LogP contribution is 2.30. The predicted molar refractivity (Wildman–Crippen MR) is 106 cm³/mol. The van der Waals surface area contributed by atoms with Gasteiger partial charge in [0.15, 0.2) is 5.17 Å². The van der Waals surface area contributed by atoms with Gasteiger partial charge in [-0.2, -0.15) is 0 Å². The Balaban J connectivity index is 1.94. The van der Waals surface area contributed by atoms with Gasteiger partial charge in [0.2, 0.25) is 0 Å². The Kier molecular flexibility index (Phi) is 5.74. The lowest BCUT2D eigenvalue weighted by molar-refractivity contribution is 0.0858. The number of hydrogen-bond donors (Lipinski definition) is 0. The van der Waals surface area contributed by atoms with Gasteiger partial charge in [-0.1, -0.05) is 29.4 Å². The minimum Gasteiger partial charge on any atom is -0.497 e. The average molecular weight is 391 g/mol. The molecule has 0 N–H and O–H groups in total. The molecule has 0 bridgehead atoms. The molecule has 0 aromatic heterocycles. The molecule has 0 aliphatic carbocycles. The third-order valence-corrected chi connectivity index (χ3v) is 5.44. The topological polar surface area (TPSA) is 51.1 Å². The summed E-state index contributed by atoms with van der Waals surface area (Å²) < 4.78 is 10.5. The minimum atomic E-state index is -0.134. The van der Waals surface area contributed by atoms with Crippen LogP contribution in [0.3, 0.4) is 0 Å². The van der Waals surface area contributed by atoms with Gasteiger partial charge < -0.3 is 9.47 Å². The number of nitrogens with zero attached hydrogens (tertiary/aromatic N) is 2. The molecule has 1 amide bonds. The Hall–Kier alpha value is -2.18. The van der Waals surface area contributed by atoms with Gasteiger partial charge in [0, 0.05) is 29.0 Å². The Bertz CT molecular complexity index is 848. The third kappa shape index (κ3) is 3.81. The fourth-order valence-corrected chi connectivity index (χ4v) is 3.71. The van der Waals surface area contributed by atoms with E-state index in [0.717, 1.165) is 17.0 Å².